The van der Waals surface area contributed by atoms with Gasteiger partial charge in [0.05, 0.1) is 12.0 Å². The molecule has 1 amide bonds. The van der Waals surface area contributed by atoms with Gasteiger partial charge in [-0.2, -0.15) is 0 Å². The molecule has 3 unspecified atom stereocenters. The molecule has 2 aliphatic heterocycles. The molecule has 0 saturated carbocycles. The fraction of sp³-hybridized carbons (Fsp3) is 0.562. The van der Waals surface area contributed by atoms with Crippen LogP contribution in [0.1, 0.15) is 31.4 Å². The summed E-state index contributed by atoms with van der Waals surface area (Å²) in [6.45, 7) is 4.87. The highest BCUT2D eigenvalue weighted by atomic mass is 79.9. The van der Waals surface area contributed by atoms with Crippen LogP contribution in [0.15, 0.2) is 28.7 Å². The average molecular weight is 337 g/mol. The van der Waals surface area contributed by atoms with Crippen LogP contribution in [0.4, 0.5) is 0 Å². The molecule has 0 bridgehead atoms. The van der Waals surface area contributed by atoms with E-state index in [-0.39, 0.29) is 12.0 Å². The number of carbonyl (C=O) groups is 1. The summed E-state index contributed by atoms with van der Waals surface area (Å²) in [5, 5.41) is 3.34. The molecule has 0 spiro atoms. The molecule has 0 aromatic heterocycles. The first-order valence-electron chi connectivity index (χ1n) is 7.43. The molecule has 1 N–H and O–H groups in total. The summed E-state index contributed by atoms with van der Waals surface area (Å²) >= 11 is 3.53. The summed E-state index contributed by atoms with van der Waals surface area (Å²) in [6.07, 6.45) is 2.19. The largest absolute Gasteiger partial charge is 0.335 e. The van der Waals surface area contributed by atoms with Crippen molar-refractivity contribution in [2.75, 3.05) is 19.6 Å². The molecule has 3 atom stereocenters. The second-order valence-corrected chi connectivity index (χ2v) is 6.90. The predicted octanol–water partition coefficient (Wildman–Crippen LogP) is 2.97. The number of rotatable bonds is 2. The summed E-state index contributed by atoms with van der Waals surface area (Å²) < 4.78 is 1.09. The van der Waals surface area contributed by atoms with Crippen molar-refractivity contribution >= 4 is 21.8 Å². The molecule has 2 fully saturated rings. The maximum Gasteiger partial charge on any atom is 0.227 e. The molecule has 2 saturated heterocycles. The van der Waals surface area contributed by atoms with Gasteiger partial charge in [0.25, 0.3) is 0 Å². The monoisotopic (exact) mass is 336 g/mol. The van der Waals surface area contributed by atoms with E-state index in [0.29, 0.717) is 11.8 Å². The van der Waals surface area contributed by atoms with Crippen molar-refractivity contribution in [3.05, 3.63) is 34.3 Å². The van der Waals surface area contributed by atoms with Gasteiger partial charge in [-0.15, -0.1) is 0 Å². The summed E-state index contributed by atoms with van der Waals surface area (Å²) in [5.41, 5.74) is 1.25. The smallest absolute Gasteiger partial charge is 0.227 e. The second-order valence-electron chi connectivity index (χ2n) is 5.99. The van der Waals surface area contributed by atoms with Crippen LogP contribution in [0.5, 0.6) is 0 Å². The van der Waals surface area contributed by atoms with Gasteiger partial charge in [-0.05, 0) is 43.0 Å². The molecule has 3 rings (SSSR count). The minimum Gasteiger partial charge on any atom is -0.335 e. The van der Waals surface area contributed by atoms with Gasteiger partial charge in [0.15, 0.2) is 0 Å². The van der Waals surface area contributed by atoms with E-state index < -0.39 is 0 Å². The molecule has 4 heteroatoms. The minimum atomic E-state index is 0.155. The van der Waals surface area contributed by atoms with Gasteiger partial charge in [-0.25, -0.2) is 0 Å². The van der Waals surface area contributed by atoms with Gasteiger partial charge in [0.2, 0.25) is 5.91 Å². The van der Waals surface area contributed by atoms with Crippen molar-refractivity contribution in [2.45, 2.75) is 25.8 Å². The van der Waals surface area contributed by atoms with E-state index in [4.69, 9.17) is 0 Å². The zero-order chi connectivity index (χ0) is 14.1. The number of nitrogens with zero attached hydrogens (tertiary/aromatic N) is 1. The number of benzene rings is 1. The summed E-state index contributed by atoms with van der Waals surface area (Å²) in [5.74, 6) is 0.944. The Morgan fingerprint density at radius 1 is 1.40 bits per heavy atom. The lowest BCUT2D eigenvalue weighted by molar-refractivity contribution is -0.136. The highest BCUT2D eigenvalue weighted by molar-refractivity contribution is 9.10. The predicted molar refractivity (Wildman–Crippen MR) is 83.4 cm³/mol. The Balaban J connectivity index is 1.80. The van der Waals surface area contributed by atoms with E-state index in [1.807, 2.05) is 6.07 Å². The molecule has 2 heterocycles. The van der Waals surface area contributed by atoms with Crippen LogP contribution in [-0.4, -0.2) is 30.4 Å². The van der Waals surface area contributed by atoms with Crippen molar-refractivity contribution in [1.29, 1.82) is 0 Å². The van der Waals surface area contributed by atoms with Gasteiger partial charge in [-0.1, -0.05) is 35.0 Å². The van der Waals surface area contributed by atoms with Gasteiger partial charge >= 0.3 is 0 Å². The number of amides is 1. The first kappa shape index (κ1) is 14.1. The molecule has 1 aromatic rings. The molecule has 1 aromatic carbocycles. The van der Waals surface area contributed by atoms with Gasteiger partial charge in [0, 0.05) is 17.6 Å². The maximum atomic E-state index is 12.8. The maximum absolute atomic E-state index is 12.8. The molecule has 3 nitrogen and oxygen atoms in total. The van der Waals surface area contributed by atoms with Crippen molar-refractivity contribution in [2.24, 2.45) is 11.8 Å². The Bertz CT molecular complexity index is 505. The number of likely N-dealkylation sites (tertiary alicyclic amines) is 1. The van der Waals surface area contributed by atoms with E-state index >= 15 is 0 Å². The lowest BCUT2D eigenvalue weighted by atomic mass is 9.95. The minimum absolute atomic E-state index is 0.155. The third-order valence-electron chi connectivity index (χ3n) is 4.60. The molecule has 0 radical (unpaired) electrons. The van der Waals surface area contributed by atoms with Crippen molar-refractivity contribution in [1.82, 2.24) is 10.2 Å². The van der Waals surface area contributed by atoms with E-state index in [2.05, 4.69) is 51.3 Å². The number of halogens is 1. The Morgan fingerprint density at radius 3 is 2.95 bits per heavy atom. The molecular weight excluding hydrogens is 316 g/mol. The number of hydrogen-bond acceptors (Lipinski definition) is 2. The Kier molecular flexibility index (Phi) is 4.13. The third-order valence-corrected chi connectivity index (χ3v) is 5.10. The Labute approximate surface area is 128 Å². The van der Waals surface area contributed by atoms with Crippen molar-refractivity contribution in [3.8, 4) is 0 Å². The fourth-order valence-electron chi connectivity index (χ4n) is 3.44. The van der Waals surface area contributed by atoms with Crippen LogP contribution in [0, 0.1) is 11.8 Å². The fourth-order valence-corrected chi connectivity index (χ4v) is 3.86. The summed E-state index contributed by atoms with van der Waals surface area (Å²) in [4.78, 5) is 14.9. The summed E-state index contributed by atoms with van der Waals surface area (Å²) in [6, 6.07) is 8.63. The molecule has 2 aliphatic rings. The number of carbonyl (C=O) groups excluding carboxylic acids is 1. The average Bonchev–Trinajstić information content (AvgIpc) is 3.06. The summed E-state index contributed by atoms with van der Waals surface area (Å²) in [7, 11) is 0. The van der Waals surface area contributed by atoms with Crippen LogP contribution < -0.4 is 5.32 Å². The first-order chi connectivity index (χ1) is 9.66. The zero-order valence-corrected chi connectivity index (χ0v) is 13.4. The van der Waals surface area contributed by atoms with E-state index in [1.165, 1.54) is 5.56 Å². The standard InChI is InChI=1S/C16H21BrN2O/c1-11-9-18-10-14(11)16(20)19-7-3-6-15(19)12-4-2-5-13(17)8-12/h2,4-5,8,11,14-15,18H,3,6-7,9-10H2,1H3. The highest BCUT2D eigenvalue weighted by Gasteiger charge is 2.37. The highest BCUT2D eigenvalue weighted by Crippen LogP contribution is 2.35. The van der Waals surface area contributed by atoms with Crippen LogP contribution in [0.25, 0.3) is 0 Å². The SMILES string of the molecule is CC1CNCC1C(=O)N1CCCC1c1cccc(Br)c1. The Hall–Kier alpha value is -0.870. The Morgan fingerprint density at radius 2 is 2.25 bits per heavy atom. The van der Waals surface area contributed by atoms with Crippen LogP contribution in [-0.2, 0) is 4.79 Å². The lowest BCUT2D eigenvalue weighted by Crippen LogP contribution is -2.38. The first-order valence-corrected chi connectivity index (χ1v) is 8.23. The molecule has 20 heavy (non-hydrogen) atoms. The van der Waals surface area contributed by atoms with Crippen molar-refractivity contribution < 1.29 is 4.79 Å². The van der Waals surface area contributed by atoms with Gasteiger partial charge in [0.1, 0.15) is 0 Å². The number of hydrogen-bond donors (Lipinski definition) is 1. The van der Waals surface area contributed by atoms with Crippen LogP contribution >= 0.6 is 15.9 Å². The lowest BCUT2D eigenvalue weighted by Gasteiger charge is -2.29. The van der Waals surface area contributed by atoms with Crippen LogP contribution in [0.3, 0.4) is 0 Å². The molecular formula is C16H21BrN2O. The number of nitrogens with one attached hydrogen (secondary N) is 1. The van der Waals surface area contributed by atoms with E-state index in [0.717, 1.165) is 36.9 Å². The quantitative estimate of drug-likeness (QED) is 0.900. The van der Waals surface area contributed by atoms with Crippen LogP contribution in [0.2, 0.25) is 0 Å². The van der Waals surface area contributed by atoms with Gasteiger partial charge < -0.3 is 10.2 Å². The molecule has 108 valence electrons. The normalized spacial score (nSPS) is 29.9. The van der Waals surface area contributed by atoms with E-state index in [9.17, 15) is 4.79 Å². The zero-order valence-electron chi connectivity index (χ0n) is 11.8. The third kappa shape index (κ3) is 2.63. The topological polar surface area (TPSA) is 32.3 Å². The van der Waals surface area contributed by atoms with Crippen molar-refractivity contribution in [3.63, 3.8) is 0 Å². The van der Waals surface area contributed by atoms with Gasteiger partial charge in [-0.3, -0.25) is 4.79 Å². The second kappa shape index (κ2) is 5.86. The van der Waals surface area contributed by atoms with E-state index in [1.54, 1.807) is 0 Å². The molecule has 0 aliphatic carbocycles.